The smallest absolute Gasteiger partial charge is 0.341 e. The maximum Gasteiger partial charge on any atom is 0.341 e. The second kappa shape index (κ2) is 10.1. The van der Waals surface area contributed by atoms with Gasteiger partial charge < -0.3 is 19.9 Å². The molecular formula is C21H16F2N2O7S. The van der Waals surface area contributed by atoms with Crippen molar-refractivity contribution in [3.8, 4) is 11.5 Å². The van der Waals surface area contributed by atoms with Crippen LogP contribution in [0.15, 0.2) is 41.3 Å². The predicted molar refractivity (Wildman–Crippen MR) is 114 cm³/mol. The number of aliphatic carboxylic acids is 1. The number of thioether (sulfide) groups is 1. The van der Waals surface area contributed by atoms with Crippen LogP contribution in [0.25, 0.3) is 6.08 Å². The molecule has 1 heterocycles. The standard InChI is InChI=1S/C21H16F2N2O7S/c1-31-16-6-11(2-5-15(16)32-10-19(27)28)7-17-20(29)25(21(30)33-17)9-18(26)24-14-4-3-12(22)8-13(14)23/h2-8H,9-10H2,1H3,(H,24,26)(H,27,28)/b17-7+. The first kappa shape index (κ1) is 23.7. The number of nitrogens with zero attached hydrogens (tertiary/aromatic N) is 1. The van der Waals surface area contributed by atoms with Crippen molar-refractivity contribution < 1.29 is 42.5 Å². The fraction of sp³-hybridized carbons (Fsp3) is 0.143. The van der Waals surface area contributed by atoms with Gasteiger partial charge in [0.2, 0.25) is 5.91 Å². The largest absolute Gasteiger partial charge is 0.493 e. The molecule has 0 radical (unpaired) electrons. The van der Waals surface area contributed by atoms with Gasteiger partial charge >= 0.3 is 5.97 Å². The molecule has 1 aliphatic heterocycles. The summed E-state index contributed by atoms with van der Waals surface area (Å²) in [4.78, 5) is 48.4. The van der Waals surface area contributed by atoms with E-state index in [0.29, 0.717) is 28.3 Å². The number of carboxylic acid groups (broad SMARTS) is 1. The van der Waals surface area contributed by atoms with Crippen molar-refractivity contribution in [3.05, 3.63) is 58.5 Å². The van der Waals surface area contributed by atoms with Crippen molar-refractivity contribution in [2.75, 3.05) is 25.6 Å². The van der Waals surface area contributed by atoms with Crippen LogP contribution in [0.1, 0.15) is 5.56 Å². The molecule has 0 aromatic heterocycles. The highest BCUT2D eigenvalue weighted by atomic mass is 32.2. The SMILES string of the molecule is COc1cc(/C=C2/SC(=O)N(CC(=O)Nc3ccc(F)cc3F)C2=O)ccc1OCC(=O)O. The molecule has 2 aromatic rings. The van der Waals surface area contributed by atoms with Gasteiger partial charge in [0.05, 0.1) is 17.7 Å². The molecule has 0 aliphatic carbocycles. The number of carbonyl (C=O) groups excluding carboxylic acids is 3. The lowest BCUT2D eigenvalue weighted by Gasteiger charge is -2.13. The monoisotopic (exact) mass is 478 g/mol. The summed E-state index contributed by atoms with van der Waals surface area (Å²) in [5, 5.41) is 10.2. The molecule has 33 heavy (non-hydrogen) atoms. The average Bonchev–Trinajstić information content (AvgIpc) is 3.01. The van der Waals surface area contributed by atoms with Gasteiger partial charge in [0, 0.05) is 6.07 Å². The third kappa shape index (κ3) is 5.86. The fourth-order valence-corrected chi connectivity index (χ4v) is 3.58. The maximum atomic E-state index is 13.7. The van der Waals surface area contributed by atoms with Crippen LogP contribution in [0.2, 0.25) is 0 Å². The van der Waals surface area contributed by atoms with Crippen molar-refractivity contribution in [2.24, 2.45) is 0 Å². The number of imide groups is 1. The zero-order valence-corrected chi connectivity index (χ0v) is 17.8. The third-order valence-corrected chi connectivity index (χ3v) is 5.12. The van der Waals surface area contributed by atoms with E-state index in [0.717, 1.165) is 12.1 Å². The van der Waals surface area contributed by atoms with E-state index in [4.69, 9.17) is 14.6 Å². The number of hydrogen-bond donors (Lipinski definition) is 2. The molecule has 0 atom stereocenters. The first-order chi connectivity index (χ1) is 15.7. The average molecular weight is 478 g/mol. The van der Waals surface area contributed by atoms with Gasteiger partial charge in [-0.1, -0.05) is 6.07 Å². The van der Waals surface area contributed by atoms with Crippen LogP contribution >= 0.6 is 11.8 Å². The van der Waals surface area contributed by atoms with Crippen LogP contribution in [0.5, 0.6) is 11.5 Å². The second-order valence-corrected chi connectivity index (χ2v) is 7.53. The Kier molecular flexibility index (Phi) is 7.28. The predicted octanol–water partition coefficient (Wildman–Crippen LogP) is 3.11. The Hall–Kier alpha value is -3.93. The van der Waals surface area contributed by atoms with E-state index in [1.807, 2.05) is 0 Å². The van der Waals surface area contributed by atoms with Crippen molar-refractivity contribution in [1.82, 2.24) is 4.90 Å². The minimum absolute atomic E-state index is 0.0296. The number of hydrogen-bond acceptors (Lipinski definition) is 7. The van der Waals surface area contributed by atoms with Crippen molar-refractivity contribution in [3.63, 3.8) is 0 Å². The Labute approximate surface area is 190 Å². The Balaban J connectivity index is 1.71. The summed E-state index contributed by atoms with van der Waals surface area (Å²) in [5.41, 5.74) is 0.166. The fourth-order valence-electron chi connectivity index (χ4n) is 2.74. The molecular weight excluding hydrogens is 462 g/mol. The minimum atomic E-state index is -1.17. The molecule has 2 aromatic carbocycles. The summed E-state index contributed by atoms with van der Waals surface area (Å²) in [6, 6.07) is 7.02. The van der Waals surface area contributed by atoms with Crippen molar-refractivity contribution in [2.45, 2.75) is 0 Å². The van der Waals surface area contributed by atoms with E-state index in [2.05, 4.69) is 5.32 Å². The van der Waals surface area contributed by atoms with E-state index in [-0.39, 0.29) is 22.1 Å². The van der Waals surface area contributed by atoms with Gasteiger partial charge in [0.25, 0.3) is 11.1 Å². The molecule has 2 N–H and O–H groups in total. The summed E-state index contributed by atoms with van der Waals surface area (Å²) in [5.74, 6) is -4.17. The number of methoxy groups -OCH3 is 1. The summed E-state index contributed by atoms with van der Waals surface area (Å²) < 4.78 is 36.9. The summed E-state index contributed by atoms with van der Waals surface area (Å²) in [6.07, 6.45) is 1.39. The number of nitrogens with one attached hydrogen (secondary N) is 1. The van der Waals surface area contributed by atoms with Gasteiger partial charge in [-0.2, -0.15) is 0 Å². The highest BCUT2D eigenvalue weighted by Crippen LogP contribution is 2.34. The zero-order valence-electron chi connectivity index (χ0n) is 17.0. The Morgan fingerprint density at radius 1 is 1.15 bits per heavy atom. The van der Waals surface area contributed by atoms with E-state index in [9.17, 15) is 28.0 Å². The number of amides is 3. The summed E-state index contributed by atoms with van der Waals surface area (Å²) in [6.45, 7) is -1.23. The zero-order chi connectivity index (χ0) is 24.1. The molecule has 0 spiro atoms. The quantitative estimate of drug-likeness (QED) is 0.555. The molecule has 9 nitrogen and oxygen atoms in total. The number of benzene rings is 2. The van der Waals surface area contributed by atoms with Gasteiger partial charge in [-0.05, 0) is 47.7 Å². The van der Waals surface area contributed by atoms with Gasteiger partial charge in [0.15, 0.2) is 18.1 Å². The lowest BCUT2D eigenvalue weighted by atomic mass is 10.2. The number of anilines is 1. The molecule has 1 aliphatic rings. The summed E-state index contributed by atoms with van der Waals surface area (Å²) in [7, 11) is 1.35. The highest BCUT2D eigenvalue weighted by molar-refractivity contribution is 8.18. The molecule has 1 saturated heterocycles. The molecule has 12 heteroatoms. The Morgan fingerprint density at radius 2 is 1.91 bits per heavy atom. The summed E-state index contributed by atoms with van der Waals surface area (Å²) >= 11 is 0.607. The van der Waals surface area contributed by atoms with Crippen LogP contribution in [-0.2, 0) is 14.4 Å². The van der Waals surface area contributed by atoms with Gasteiger partial charge in [0.1, 0.15) is 18.2 Å². The van der Waals surface area contributed by atoms with E-state index in [1.165, 1.54) is 31.4 Å². The second-order valence-electron chi connectivity index (χ2n) is 6.53. The van der Waals surface area contributed by atoms with Crippen molar-refractivity contribution in [1.29, 1.82) is 0 Å². The number of carboxylic acids is 1. The van der Waals surface area contributed by atoms with E-state index < -0.39 is 47.8 Å². The Morgan fingerprint density at radius 3 is 2.58 bits per heavy atom. The van der Waals surface area contributed by atoms with E-state index >= 15 is 0 Å². The van der Waals surface area contributed by atoms with Crippen LogP contribution < -0.4 is 14.8 Å². The highest BCUT2D eigenvalue weighted by Gasteiger charge is 2.36. The molecule has 3 rings (SSSR count). The number of ether oxygens (including phenoxy) is 2. The van der Waals surface area contributed by atoms with Gasteiger partial charge in [-0.25, -0.2) is 13.6 Å². The topological polar surface area (TPSA) is 122 Å². The minimum Gasteiger partial charge on any atom is -0.493 e. The lowest BCUT2D eigenvalue weighted by Crippen LogP contribution is -2.36. The van der Waals surface area contributed by atoms with Crippen molar-refractivity contribution >= 4 is 46.5 Å². The molecule has 0 saturated carbocycles. The van der Waals surface area contributed by atoms with Crippen LogP contribution in [0, 0.1) is 11.6 Å². The van der Waals surface area contributed by atoms with E-state index in [1.54, 1.807) is 0 Å². The van der Waals surface area contributed by atoms with Crippen LogP contribution in [-0.4, -0.2) is 53.3 Å². The molecule has 172 valence electrons. The molecule has 0 bridgehead atoms. The maximum absolute atomic E-state index is 13.7. The van der Waals surface area contributed by atoms with Gasteiger partial charge in [-0.15, -0.1) is 0 Å². The number of halogens is 2. The molecule has 0 unspecified atom stereocenters. The first-order valence-electron chi connectivity index (χ1n) is 9.21. The lowest BCUT2D eigenvalue weighted by molar-refractivity contribution is -0.139. The normalized spacial score (nSPS) is 14.5. The first-order valence-corrected chi connectivity index (χ1v) is 10.0. The van der Waals surface area contributed by atoms with Crippen LogP contribution in [0.4, 0.5) is 19.3 Å². The number of carbonyl (C=O) groups is 4. The molecule has 3 amide bonds. The van der Waals surface area contributed by atoms with Crippen LogP contribution in [0.3, 0.4) is 0 Å². The Bertz CT molecular complexity index is 1170. The number of rotatable bonds is 8. The van der Waals surface area contributed by atoms with Gasteiger partial charge in [-0.3, -0.25) is 19.3 Å². The third-order valence-electron chi connectivity index (χ3n) is 4.22. The molecule has 1 fully saturated rings.